The molecular formula is C15H16N6O4S2. The van der Waals surface area contributed by atoms with Gasteiger partial charge in [0.2, 0.25) is 11.0 Å². The van der Waals surface area contributed by atoms with Crippen LogP contribution in [0.5, 0.6) is 0 Å². The Labute approximate surface area is 162 Å². The van der Waals surface area contributed by atoms with E-state index in [4.69, 9.17) is 11.5 Å². The van der Waals surface area contributed by atoms with Gasteiger partial charge in [-0.3, -0.25) is 14.5 Å². The van der Waals surface area contributed by atoms with Gasteiger partial charge in [-0.2, -0.15) is 4.99 Å². The minimum atomic E-state index is -1.19. The molecule has 27 heavy (non-hydrogen) atoms. The summed E-state index contributed by atoms with van der Waals surface area (Å²) >= 11 is 2.56. The first-order valence-corrected chi connectivity index (χ1v) is 9.61. The van der Waals surface area contributed by atoms with Crippen LogP contribution in [0.4, 0.5) is 5.13 Å². The first-order valence-electron chi connectivity index (χ1n) is 7.68. The molecule has 1 saturated heterocycles. The van der Waals surface area contributed by atoms with Crippen LogP contribution in [-0.4, -0.2) is 55.9 Å². The molecule has 142 valence electrons. The van der Waals surface area contributed by atoms with Crippen LogP contribution in [0.3, 0.4) is 0 Å². The number of nitrogens with two attached hydrogens (primary N) is 2. The summed E-state index contributed by atoms with van der Waals surface area (Å²) in [4.78, 5) is 45.2. The van der Waals surface area contributed by atoms with E-state index in [0.29, 0.717) is 22.2 Å². The van der Waals surface area contributed by atoms with Crippen molar-refractivity contribution in [2.75, 3.05) is 5.75 Å². The van der Waals surface area contributed by atoms with Crippen LogP contribution in [-0.2, 0) is 20.8 Å². The number of carboxylic acids is 1. The molecule has 1 aromatic rings. The Hall–Kier alpha value is -2.86. The van der Waals surface area contributed by atoms with Crippen LogP contribution in [0.2, 0.25) is 0 Å². The lowest BCUT2D eigenvalue weighted by molar-refractivity contribution is -0.150. The largest absolute Gasteiger partial charge is 0.477 e. The predicted molar refractivity (Wildman–Crippen MR) is 101 cm³/mol. The van der Waals surface area contributed by atoms with Crippen molar-refractivity contribution in [2.24, 2.45) is 16.5 Å². The number of amides is 2. The number of aliphatic imine (C=N–C) groups is 1. The minimum absolute atomic E-state index is 0.0444. The number of thioether (sulfide) groups is 1. The van der Waals surface area contributed by atoms with Gasteiger partial charge in [0.05, 0.1) is 12.1 Å². The number of hydrogen-bond acceptors (Lipinski definition) is 7. The van der Waals surface area contributed by atoms with Gasteiger partial charge in [-0.15, -0.1) is 23.1 Å². The highest BCUT2D eigenvalue weighted by molar-refractivity contribution is 8.00. The van der Waals surface area contributed by atoms with E-state index < -0.39 is 29.2 Å². The van der Waals surface area contributed by atoms with Crippen LogP contribution in [0.15, 0.2) is 34.3 Å². The summed E-state index contributed by atoms with van der Waals surface area (Å²) in [5, 5.41) is 13.5. The first-order chi connectivity index (χ1) is 12.8. The molecule has 2 amide bonds. The summed E-state index contributed by atoms with van der Waals surface area (Å²) in [7, 11) is 0. The summed E-state index contributed by atoms with van der Waals surface area (Å²) < 4.78 is 0. The normalized spacial score (nSPS) is 21.2. The zero-order chi connectivity index (χ0) is 19.7. The van der Waals surface area contributed by atoms with Gasteiger partial charge in [0, 0.05) is 11.1 Å². The maximum Gasteiger partial charge on any atom is 0.352 e. The van der Waals surface area contributed by atoms with Crippen LogP contribution >= 0.6 is 23.1 Å². The molecule has 1 aromatic heterocycles. The molecule has 2 atom stereocenters. The fraction of sp³-hybridized carbons (Fsp3) is 0.267. The predicted octanol–water partition coefficient (Wildman–Crippen LogP) is -0.485. The van der Waals surface area contributed by atoms with E-state index in [0.717, 1.165) is 0 Å². The number of β-lactam (4-membered cyclic amide) rings is 1. The Morgan fingerprint density at radius 2 is 2.26 bits per heavy atom. The summed E-state index contributed by atoms with van der Waals surface area (Å²) in [6, 6.07) is -0.779. The second-order valence-electron chi connectivity index (χ2n) is 5.67. The average Bonchev–Trinajstić information content (AvgIpc) is 3.03. The number of nitrogens with one attached hydrogen (secondary N) is 1. The molecule has 3 rings (SSSR count). The molecule has 12 heteroatoms. The maximum atomic E-state index is 12.4. The van der Waals surface area contributed by atoms with Crippen molar-refractivity contribution in [3.63, 3.8) is 0 Å². The van der Waals surface area contributed by atoms with Crippen molar-refractivity contribution >= 4 is 52.0 Å². The first kappa shape index (κ1) is 18.9. The van der Waals surface area contributed by atoms with Gasteiger partial charge in [-0.25, -0.2) is 9.78 Å². The fourth-order valence-corrected chi connectivity index (χ4v) is 4.77. The van der Waals surface area contributed by atoms with Gasteiger partial charge in [0.15, 0.2) is 5.96 Å². The maximum absolute atomic E-state index is 12.4. The SMILES string of the molecule is C=CC1=C(C(=O)O)N2C(=O)C(NC(=O)Cc3csc(N=C(N)N)n3)[C@H]2SC1. The Morgan fingerprint density at radius 3 is 2.89 bits per heavy atom. The fourth-order valence-electron chi connectivity index (χ4n) is 2.73. The molecule has 0 aromatic carbocycles. The number of hydrogen-bond donors (Lipinski definition) is 4. The third-order valence-corrected chi connectivity index (χ3v) is 5.95. The summed E-state index contributed by atoms with van der Waals surface area (Å²) in [6.45, 7) is 3.59. The number of guanidine groups is 1. The highest BCUT2D eigenvalue weighted by atomic mass is 32.2. The van der Waals surface area contributed by atoms with Gasteiger partial charge >= 0.3 is 5.97 Å². The number of allylic oxidation sites excluding steroid dienone is 1. The highest BCUT2D eigenvalue weighted by Crippen LogP contribution is 2.40. The number of aromatic nitrogens is 1. The molecule has 1 fully saturated rings. The summed E-state index contributed by atoms with van der Waals surface area (Å²) in [5.74, 6) is -1.78. The van der Waals surface area contributed by atoms with Gasteiger partial charge in [0.1, 0.15) is 17.1 Å². The molecule has 6 N–H and O–H groups in total. The monoisotopic (exact) mass is 408 g/mol. The van der Waals surface area contributed by atoms with E-state index in [1.165, 1.54) is 34.1 Å². The van der Waals surface area contributed by atoms with E-state index in [2.05, 4.69) is 21.9 Å². The van der Waals surface area contributed by atoms with Crippen molar-refractivity contribution < 1.29 is 19.5 Å². The number of carbonyl (C=O) groups is 3. The van der Waals surface area contributed by atoms with E-state index >= 15 is 0 Å². The highest BCUT2D eigenvalue weighted by Gasteiger charge is 2.53. The topological polar surface area (TPSA) is 164 Å². The van der Waals surface area contributed by atoms with Crippen LogP contribution in [0.25, 0.3) is 0 Å². The number of carbonyl (C=O) groups excluding carboxylic acids is 2. The third-order valence-electron chi connectivity index (χ3n) is 3.87. The molecule has 0 aliphatic carbocycles. The summed E-state index contributed by atoms with van der Waals surface area (Å²) in [5.41, 5.74) is 11.4. The zero-order valence-electron chi connectivity index (χ0n) is 13.9. The van der Waals surface area contributed by atoms with Crippen molar-refractivity contribution in [3.8, 4) is 0 Å². The second-order valence-corrected chi connectivity index (χ2v) is 7.61. The minimum Gasteiger partial charge on any atom is -0.477 e. The number of carboxylic acid groups (broad SMARTS) is 1. The van der Waals surface area contributed by atoms with Gasteiger partial charge in [-0.1, -0.05) is 12.7 Å². The standard InChI is InChI=1S/C15H16N6O4S2/c1-2-6-4-26-12-9(11(23)21(12)10(6)13(24)25)19-8(22)3-7-5-27-15(18-7)20-14(16)17/h2,5,9,12H,1,3-4H2,(H,19,22)(H,24,25)(H4,16,17,18,20)/t9?,12-/m1/s1. The zero-order valence-corrected chi connectivity index (χ0v) is 15.5. The van der Waals surface area contributed by atoms with Gasteiger partial charge in [0.25, 0.3) is 5.91 Å². The molecule has 0 saturated carbocycles. The molecule has 0 spiro atoms. The van der Waals surface area contributed by atoms with Crippen molar-refractivity contribution in [3.05, 3.63) is 35.0 Å². The smallest absolute Gasteiger partial charge is 0.352 e. The molecule has 1 unspecified atom stereocenters. The lowest BCUT2D eigenvalue weighted by atomic mass is 10.0. The van der Waals surface area contributed by atoms with Crippen LogP contribution in [0.1, 0.15) is 5.69 Å². The quantitative estimate of drug-likeness (QED) is 0.278. The molecule has 2 aliphatic rings. The molecule has 10 nitrogen and oxygen atoms in total. The average molecular weight is 408 g/mol. The van der Waals surface area contributed by atoms with Crippen LogP contribution in [0, 0.1) is 0 Å². The van der Waals surface area contributed by atoms with E-state index in [9.17, 15) is 19.5 Å². The number of thiazole rings is 1. The molecule has 0 bridgehead atoms. The Kier molecular flexibility index (Phi) is 5.19. The van der Waals surface area contributed by atoms with Crippen molar-refractivity contribution in [2.45, 2.75) is 17.8 Å². The van der Waals surface area contributed by atoms with E-state index in [1.54, 1.807) is 5.38 Å². The van der Waals surface area contributed by atoms with Crippen molar-refractivity contribution in [1.29, 1.82) is 0 Å². The number of fused-ring (bicyclic) bond motifs is 1. The molecule has 2 aliphatic heterocycles. The van der Waals surface area contributed by atoms with Crippen molar-refractivity contribution in [1.82, 2.24) is 15.2 Å². The third kappa shape index (κ3) is 3.66. The second kappa shape index (κ2) is 7.40. The molecule has 0 radical (unpaired) electrons. The van der Waals surface area contributed by atoms with E-state index in [1.807, 2.05) is 0 Å². The molecular weight excluding hydrogens is 392 g/mol. The van der Waals surface area contributed by atoms with Gasteiger partial charge in [-0.05, 0) is 5.57 Å². The van der Waals surface area contributed by atoms with E-state index in [-0.39, 0.29) is 18.1 Å². The Morgan fingerprint density at radius 1 is 1.52 bits per heavy atom. The lowest BCUT2D eigenvalue weighted by Gasteiger charge is -2.49. The van der Waals surface area contributed by atoms with Gasteiger partial charge < -0.3 is 21.9 Å². The number of aliphatic carboxylic acids is 1. The summed E-state index contributed by atoms with van der Waals surface area (Å²) in [6.07, 6.45) is 1.39. The number of rotatable bonds is 6. The Balaban J connectivity index is 1.65. The number of nitrogens with zero attached hydrogens (tertiary/aromatic N) is 3. The van der Waals surface area contributed by atoms with Crippen LogP contribution < -0.4 is 16.8 Å². The Bertz CT molecular complexity index is 889. The lowest BCUT2D eigenvalue weighted by Crippen LogP contribution is -2.70. The molecule has 3 heterocycles.